The van der Waals surface area contributed by atoms with E-state index < -0.39 is 0 Å². The molecule has 25 heavy (non-hydrogen) atoms. The molecule has 1 aromatic carbocycles. The molecule has 0 radical (unpaired) electrons. The highest BCUT2D eigenvalue weighted by Crippen LogP contribution is 2.22. The Balaban J connectivity index is 1.53. The molecule has 1 aliphatic rings. The van der Waals surface area contributed by atoms with Gasteiger partial charge in [0.05, 0.1) is 0 Å². The standard InChI is InChI=1S/C19H19Cl2N3O/c20-17-4-5-18(21)16(12-17)3-6-19(25)24-10-8-23(9-11-24)14-15-2-1-7-22-13-15/h1-7,12-13H,8-11,14H2/b6-3+. The average molecular weight is 376 g/mol. The Hall–Kier alpha value is -1.88. The van der Waals surface area contributed by atoms with Gasteiger partial charge in [0, 0.05) is 61.2 Å². The lowest BCUT2D eigenvalue weighted by Crippen LogP contribution is -2.47. The van der Waals surface area contributed by atoms with Crippen molar-refractivity contribution in [2.75, 3.05) is 26.2 Å². The molecule has 1 aromatic heterocycles. The SMILES string of the molecule is O=C(/C=C/c1cc(Cl)ccc1Cl)N1CCN(Cc2cccnc2)CC1. The predicted octanol–water partition coefficient (Wildman–Crippen LogP) is 3.75. The molecular formula is C19H19Cl2N3O. The Morgan fingerprint density at radius 3 is 2.68 bits per heavy atom. The van der Waals surface area contributed by atoms with E-state index in [4.69, 9.17) is 23.2 Å². The summed E-state index contributed by atoms with van der Waals surface area (Å²) in [7, 11) is 0. The highest BCUT2D eigenvalue weighted by atomic mass is 35.5. The highest BCUT2D eigenvalue weighted by Gasteiger charge is 2.19. The largest absolute Gasteiger partial charge is 0.337 e. The fourth-order valence-electron chi connectivity index (χ4n) is 2.79. The number of aromatic nitrogens is 1. The number of hydrogen-bond donors (Lipinski definition) is 0. The van der Waals surface area contributed by atoms with E-state index in [1.807, 2.05) is 17.2 Å². The van der Waals surface area contributed by atoms with Crippen LogP contribution in [0.15, 0.2) is 48.8 Å². The van der Waals surface area contributed by atoms with E-state index in [0.717, 1.165) is 25.2 Å². The van der Waals surface area contributed by atoms with E-state index in [9.17, 15) is 4.79 Å². The van der Waals surface area contributed by atoms with Gasteiger partial charge in [0.25, 0.3) is 0 Å². The Kier molecular flexibility index (Phi) is 6.08. The molecule has 0 unspecified atom stereocenters. The first-order chi connectivity index (χ1) is 12.1. The lowest BCUT2D eigenvalue weighted by atomic mass is 10.2. The Labute approximate surface area is 157 Å². The lowest BCUT2D eigenvalue weighted by Gasteiger charge is -2.34. The molecule has 2 aromatic rings. The van der Waals surface area contributed by atoms with Crippen LogP contribution in [-0.4, -0.2) is 46.9 Å². The third-order valence-electron chi connectivity index (χ3n) is 4.18. The summed E-state index contributed by atoms with van der Waals surface area (Å²) in [6.45, 7) is 4.00. The minimum Gasteiger partial charge on any atom is -0.337 e. The molecule has 0 N–H and O–H groups in total. The van der Waals surface area contributed by atoms with Crippen LogP contribution in [0.1, 0.15) is 11.1 Å². The number of hydrogen-bond acceptors (Lipinski definition) is 3. The molecule has 6 heteroatoms. The Bertz CT molecular complexity index is 757. The van der Waals surface area contributed by atoms with Gasteiger partial charge in [-0.25, -0.2) is 0 Å². The van der Waals surface area contributed by atoms with Crippen molar-refractivity contribution in [1.29, 1.82) is 0 Å². The van der Waals surface area contributed by atoms with Crippen molar-refractivity contribution in [3.63, 3.8) is 0 Å². The van der Waals surface area contributed by atoms with Crippen LogP contribution in [0.2, 0.25) is 10.0 Å². The summed E-state index contributed by atoms with van der Waals surface area (Å²) >= 11 is 12.1. The van der Waals surface area contributed by atoms with Crippen molar-refractivity contribution < 1.29 is 4.79 Å². The van der Waals surface area contributed by atoms with E-state index >= 15 is 0 Å². The van der Waals surface area contributed by atoms with Gasteiger partial charge in [0.15, 0.2) is 0 Å². The zero-order valence-electron chi connectivity index (χ0n) is 13.7. The molecule has 1 amide bonds. The first-order valence-electron chi connectivity index (χ1n) is 8.15. The highest BCUT2D eigenvalue weighted by molar-refractivity contribution is 6.34. The van der Waals surface area contributed by atoms with Gasteiger partial charge in [0.2, 0.25) is 5.91 Å². The molecule has 1 aliphatic heterocycles. The summed E-state index contributed by atoms with van der Waals surface area (Å²) in [5, 5.41) is 1.18. The molecule has 1 saturated heterocycles. The first kappa shape index (κ1) is 17.9. The molecule has 3 rings (SSSR count). The number of piperazine rings is 1. The maximum atomic E-state index is 12.4. The fraction of sp³-hybridized carbons (Fsp3) is 0.263. The number of halogens is 2. The summed E-state index contributed by atoms with van der Waals surface area (Å²) in [5.41, 5.74) is 1.94. The molecule has 4 nitrogen and oxygen atoms in total. The summed E-state index contributed by atoms with van der Waals surface area (Å²) in [5.74, 6) is -0.00271. The lowest BCUT2D eigenvalue weighted by molar-refractivity contribution is -0.127. The van der Waals surface area contributed by atoms with Gasteiger partial charge in [-0.3, -0.25) is 14.7 Å². The number of carbonyl (C=O) groups is 1. The number of benzene rings is 1. The Morgan fingerprint density at radius 2 is 1.96 bits per heavy atom. The van der Waals surface area contributed by atoms with Gasteiger partial charge >= 0.3 is 0 Å². The van der Waals surface area contributed by atoms with Crippen molar-refractivity contribution >= 4 is 35.2 Å². The Morgan fingerprint density at radius 1 is 1.16 bits per heavy atom. The molecular weight excluding hydrogens is 357 g/mol. The van der Waals surface area contributed by atoms with Gasteiger partial charge in [-0.2, -0.15) is 0 Å². The van der Waals surface area contributed by atoms with Crippen LogP contribution >= 0.6 is 23.2 Å². The third-order valence-corrected chi connectivity index (χ3v) is 4.76. The predicted molar refractivity (Wildman–Crippen MR) is 102 cm³/mol. The second-order valence-electron chi connectivity index (χ2n) is 5.96. The number of rotatable bonds is 4. The maximum absolute atomic E-state index is 12.4. The molecule has 2 heterocycles. The van der Waals surface area contributed by atoms with E-state index in [1.165, 1.54) is 5.56 Å². The van der Waals surface area contributed by atoms with Gasteiger partial charge in [-0.15, -0.1) is 0 Å². The molecule has 0 atom stereocenters. The quantitative estimate of drug-likeness (QED) is 0.763. The first-order valence-corrected chi connectivity index (χ1v) is 8.91. The van der Waals surface area contributed by atoms with Crippen LogP contribution in [0, 0.1) is 0 Å². The second-order valence-corrected chi connectivity index (χ2v) is 6.81. The van der Waals surface area contributed by atoms with Crippen molar-refractivity contribution in [1.82, 2.24) is 14.8 Å². The van der Waals surface area contributed by atoms with Gasteiger partial charge in [0.1, 0.15) is 0 Å². The minimum absolute atomic E-state index is 0.00271. The van der Waals surface area contributed by atoms with Crippen LogP contribution in [0.4, 0.5) is 0 Å². The fourth-order valence-corrected chi connectivity index (χ4v) is 3.15. The molecule has 0 saturated carbocycles. The second kappa shape index (κ2) is 8.48. The van der Waals surface area contributed by atoms with Gasteiger partial charge in [-0.1, -0.05) is 29.3 Å². The number of carbonyl (C=O) groups excluding carboxylic acids is 1. The molecule has 130 valence electrons. The summed E-state index contributed by atoms with van der Waals surface area (Å²) in [6, 6.07) is 9.22. The molecule has 1 fully saturated rings. The number of amides is 1. The van der Waals surface area contributed by atoms with Crippen molar-refractivity contribution in [3.8, 4) is 0 Å². The van der Waals surface area contributed by atoms with E-state index in [-0.39, 0.29) is 5.91 Å². The van der Waals surface area contributed by atoms with Crippen LogP contribution in [0.25, 0.3) is 6.08 Å². The molecule has 0 spiro atoms. The zero-order chi connectivity index (χ0) is 17.6. The van der Waals surface area contributed by atoms with E-state index in [0.29, 0.717) is 23.1 Å². The summed E-state index contributed by atoms with van der Waals surface area (Å²) < 4.78 is 0. The molecule has 0 aliphatic carbocycles. The smallest absolute Gasteiger partial charge is 0.246 e. The zero-order valence-corrected chi connectivity index (χ0v) is 15.2. The van der Waals surface area contributed by atoms with E-state index in [2.05, 4.69) is 16.0 Å². The third kappa shape index (κ3) is 5.05. The van der Waals surface area contributed by atoms with E-state index in [1.54, 1.807) is 36.5 Å². The van der Waals surface area contributed by atoms with Gasteiger partial charge in [-0.05, 0) is 41.5 Å². The summed E-state index contributed by atoms with van der Waals surface area (Å²) in [4.78, 5) is 20.7. The monoisotopic (exact) mass is 375 g/mol. The summed E-state index contributed by atoms with van der Waals surface area (Å²) in [6.07, 6.45) is 6.94. The van der Waals surface area contributed by atoms with Crippen molar-refractivity contribution in [2.24, 2.45) is 0 Å². The van der Waals surface area contributed by atoms with Crippen LogP contribution in [-0.2, 0) is 11.3 Å². The van der Waals surface area contributed by atoms with Crippen LogP contribution in [0.3, 0.4) is 0 Å². The maximum Gasteiger partial charge on any atom is 0.246 e. The van der Waals surface area contributed by atoms with Crippen molar-refractivity contribution in [3.05, 3.63) is 70.0 Å². The normalized spacial score (nSPS) is 15.7. The average Bonchev–Trinajstić information content (AvgIpc) is 2.64. The number of nitrogens with zero attached hydrogens (tertiary/aromatic N) is 3. The van der Waals surface area contributed by atoms with Crippen LogP contribution < -0.4 is 0 Å². The minimum atomic E-state index is -0.00271. The topological polar surface area (TPSA) is 36.4 Å². The number of pyridine rings is 1. The van der Waals surface area contributed by atoms with Crippen molar-refractivity contribution in [2.45, 2.75) is 6.54 Å². The van der Waals surface area contributed by atoms with Crippen LogP contribution in [0.5, 0.6) is 0 Å². The van der Waals surface area contributed by atoms with Gasteiger partial charge < -0.3 is 4.90 Å². The molecule has 0 bridgehead atoms.